The van der Waals surface area contributed by atoms with Gasteiger partial charge in [0.25, 0.3) is 0 Å². The Kier molecular flexibility index (Phi) is 12.0. The molecule has 41 heavy (non-hydrogen) atoms. The predicted molar refractivity (Wildman–Crippen MR) is 159 cm³/mol. The zero-order chi connectivity index (χ0) is 30.7. The Hall–Kier alpha value is -4.72. The molecule has 0 unspecified atom stereocenters. The summed E-state index contributed by atoms with van der Waals surface area (Å²) in [6, 6.07) is 11.8. The standard InChI is InChI=1S/C31H30O8.C2H6/c1-18(2)28(32)36-13-11-21-15-23(12-14-37-29(33)19(3)4)27-24(16-21)17-26(31(35)39-27)22-7-9-25(10-8-22)38-30(34)20(5)6;1-2/h7-10,15-17H,1,3,5,11-14H2,2,4,6H3;1-2H3. The van der Waals surface area contributed by atoms with Crippen molar-refractivity contribution in [3.05, 3.63) is 100 Å². The van der Waals surface area contributed by atoms with Crippen molar-refractivity contribution in [3.8, 4) is 16.9 Å². The van der Waals surface area contributed by atoms with Gasteiger partial charge in [0.15, 0.2) is 0 Å². The van der Waals surface area contributed by atoms with Crippen LogP contribution in [0.15, 0.2) is 88.1 Å². The van der Waals surface area contributed by atoms with E-state index in [0.717, 1.165) is 5.56 Å². The number of fused-ring (bicyclic) bond motifs is 1. The van der Waals surface area contributed by atoms with Crippen molar-refractivity contribution in [3.63, 3.8) is 0 Å². The van der Waals surface area contributed by atoms with Crippen molar-refractivity contribution >= 4 is 28.9 Å². The van der Waals surface area contributed by atoms with Crippen molar-refractivity contribution < 1.29 is 33.0 Å². The van der Waals surface area contributed by atoms with Crippen molar-refractivity contribution in [2.24, 2.45) is 0 Å². The van der Waals surface area contributed by atoms with E-state index in [9.17, 15) is 19.2 Å². The number of esters is 3. The van der Waals surface area contributed by atoms with Crippen LogP contribution in [0.2, 0.25) is 0 Å². The van der Waals surface area contributed by atoms with Gasteiger partial charge in [-0.3, -0.25) is 0 Å². The molecule has 0 aliphatic rings. The van der Waals surface area contributed by atoms with Gasteiger partial charge in [0.05, 0.1) is 18.8 Å². The molecule has 8 heteroatoms. The van der Waals surface area contributed by atoms with E-state index < -0.39 is 23.5 Å². The largest absolute Gasteiger partial charge is 0.462 e. The second-order valence-electron chi connectivity index (χ2n) is 9.15. The van der Waals surface area contributed by atoms with E-state index in [1.807, 2.05) is 26.0 Å². The molecule has 1 heterocycles. The summed E-state index contributed by atoms with van der Waals surface area (Å²) < 4.78 is 21.4. The van der Waals surface area contributed by atoms with E-state index in [-0.39, 0.29) is 24.4 Å². The van der Waals surface area contributed by atoms with Crippen LogP contribution in [0.1, 0.15) is 45.7 Å². The fraction of sp³-hybridized carbons (Fsp3) is 0.273. The number of hydrogen-bond acceptors (Lipinski definition) is 8. The maximum Gasteiger partial charge on any atom is 0.344 e. The summed E-state index contributed by atoms with van der Waals surface area (Å²) in [6.45, 7) is 19.6. The highest BCUT2D eigenvalue weighted by Crippen LogP contribution is 2.27. The van der Waals surface area contributed by atoms with E-state index in [2.05, 4.69) is 19.7 Å². The van der Waals surface area contributed by atoms with Gasteiger partial charge in [-0.2, -0.15) is 0 Å². The highest BCUT2D eigenvalue weighted by Gasteiger charge is 2.15. The number of carbonyl (C=O) groups excluding carboxylic acids is 3. The van der Waals surface area contributed by atoms with Crippen LogP contribution in [0.4, 0.5) is 0 Å². The van der Waals surface area contributed by atoms with Crippen molar-refractivity contribution in [1.29, 1.82) is 0 Å². The molecule has 2 aromatic carbocycles. The molecule has 3 aromatic rings. The molecule has 0 spiro atoms. The Balaban J connectivity index is 0.00000287. The smallest absolute Gasteiger partial charge is 0.344 e. The quantitative estimate of drug-likeness (QED) is 0.116. The molecule has 1 aromatic heterocycles. The van der Waals surface area contributed by atoms with Gasteiger partial charge < -0.3 is 18.6 Å². The number of benzene rings is 2. The summed E-state index contributed by atoms with van der Waals surface area (Å²) >= 11 is 0. The molecule has 0 aliphatic heterocycles. The van der Waals surface area contributed by atoms with E-state index >= 15 is 0 Å². The molecular formula is C33H36O8. The molecule has 0 amide bonds. The molecule has 0 N–H and O–H groups in total. The Labute approximate surface area is 239 Å². The second kappa shape index (κ2) is 15.2. The minimum atomic E-state index is -0.558. The average molecular weight is 561 g/mol. The lowest BCUT2D eigenvalue weighted by molar-refractivity contribution is -0.139. The van der Waals surface area contributed by atoms with Gasteiger partial charge in [0.2, 0.25) is 0 Å². The maximum atomic E-state index is 13.0. The van der Waals surface area contributed by atoms with Crippen molar-refractivity contribution in [2.45, 2.75) is 47.5 Å². The lowest BCUT2D eigenvalue weighted by atomic mass is 9.99. The summed E-state index contributed by atoms with van der Waals surface area (Å²) in [5, 5.41) is 0.646. The molecule has 0 saturated carbocycles. The topological polar surface area (TPSA) is 109 Å². The minimum absolute atomic E-state index is 0.0602. The second-order valence-corrected chi connectivity index (χ2v) is 9.15. The monoisotopic (exact) mass is 560 g/mol. The van der Waals surface area contributed by atoms with Gasteiger partial charge in [0.1, 0.15) is 11.3 Å². The van der Waals surface area contributed by atoms with E-state index in [4.69, 9.17) is 18.6 Å². The van der Waals surface area contributed by atoms with E-state index in [1.54, 1.807) is 51.1 Å². The molecule has 0 aliphatic carbocycles. The molecule has 0 radical (unpaired) electrons. The van der Waals surface area contributed by atoms with Crippen LogP contribution >= 0.6 is 0 Å². The summed E-state index contributed by atoms with van der Waals surface area (Å²) in [5.41, 5.74) is 3.04. The van der Waals surface area contributed by atoms with Crippen LogP contribution in [0.3, 0.4) is 0 Å². The Morgan fingerprint density at radius 3 is 1.83 bits per heavy atom. The van der Waals surface area contributed by atoms with Crippen LogP contribution in [-0.4, -0.2) is 31.1 Å². The van der Waals surface area contributed by atoms with Crippen LogP contribution in [0, 0.1) is 0 Å². The molecule has 0 saturated heterocycles. The number of ether oxygens (including phenoxy) is 3. The Bertz CT molecular complexity index is 1520. The molecule has 0 bridgehead atoms. The van der Waals surface area contributed by atoms with Gasteiger partial charge in [-0.25, -0.2) is 19.2 Å². The van der Waals surface area contributed by atoms with Gasteiger partial charge in [-0.1, -0.05) is 51.8 Å². The van der Waals surface area contributed by atoms with Crippen molar-refractivity contribution in [2.75, 3.05) is 13.2 Å². The molecule has 0 fully saturated rings. The van der Waals surface area contributed by atoms with Crippen LogP contribution < -0.4 is 10.4 Å². The number of hydrogen-bond donors (Lipinski definition) is 0. The normalized spacial score (nSPS) is 10.2. The molecule has 8 nitrogen and oxygen atoms in total. The number of carbonyl (C=O) groups is 3. The first-order valence-corrected chi connectivity index (χ1v) is 13.2. The van der Waals surface area contributed by atoms with Gasteiger partial charge in [-0.15, -0.1) is 0 Å². The first-order valence-electron chi connectivity index (χ1n) is 13.2. The summed E-state index contributed by atoms with van der Waals surface area (Å²) in [7, 11) is 0. The van der Waals surface area contributed by atoms with Crippen LogP contribution in [0.25, 0.3) is 22.1 Å². The van der Waals surface area contributed by atoms with Crippen molar-refractivity contribution in [1.82, 2.24) is 0 Å². The zero-order valence-corrected chi connectivity index (χ0v) is 24.3. The van der Waals surface area contributed by atoms with Gasteiger partial charge in [0, 0.05) is 34.9 Å². The third-order valence-electron chi connectivity index (χ3n) is 5.62. The fourth-order valence-electron chi connectivity index (χ4n) is 3.57. The number of rotatable bonds is 11. The first kappa shape index (κ1) is 32.5. The highest BCUT2D eigenvalue weighted by molar-refractivity contribution is 5.89. The Morgan fingerprint density at radius 1 is 0.756 bits per heavy atom. The minimum Gasteiger partial charge on any atom is -0.462 e. The average Bonchev–Trinajstić information content (AvgIpc) is 2.94. The molecule has 216 valence electrons. The maximum absolute atomic E-state index is 13.0. The highest BCUT2D eigenvalue weighted by atomic mass is 16.5. The lowest BCUT2D eigenvalue weighted by Gasteiger charge is -2.12. The zero-order valence-electron chi connectivity index (χ0n) is 24.3. The van der Waals surface area contributed by atoms with Crippen LogP contribution in [-0.2, 0) is 36.7 Å². The molecular weight excluding hydrogens is 524 g/mol. The summed E-state index contributed by atoms with van der Waals surface area (Å²) in [6.07, 6.45) is 0.699. The third-order valence-corrected chi connectivity index (χ3v) is 5.62. The van der Waals surface area contributed by atoms with E-state index in [1.165, 1.54) is 0 Å². The van der Waals surface area contributed by atoms with Gasteiger partial charge in [-0.05, 0) is 61.7 Å². The SMILES string of the molecule is C=C(C)C(=O)OCCc1cc(CCOC(=O)C(=C)C)c2oc(=O)c(-c3ccc(OC(=O)C(=C)C)cc3)cc2c1.CC. The van der Waals surface area contributed by atoms with E-state index in [0.29, 0.717) is 51.8 Å². The summed E-state index contributed by atoms with van der Waals surface area (Å²) in [5.74, 6) is -1.22. The van der Waals surface area contributed by atoms with Gasteiger partial charge >= 0.3 is 23.5 Å². The first-order chi connectivity index (χ1) is 19.5. The molecule has 0 atom stereocenters. The lowest BCUT2D eigenvalue weighted by Crippen LogP contribution is -2.11. The Morgan fingerprint density at radius 2 is 1.29 bits per heavy atom. The third kappa shape index (κ3) is 9.17. The van der Waals surface area contributed by atoms with Crippen LogP contribution in [0.5, 0.6) is 5.75 Å². The fourth-order valence-corrected chi connectivity index (χ4v) is 3.57. The summed E-state index contributed by atoms with van der Waals surface area (Å²) in [4.78, 5) is 48.3. The molecule has 3 rings (SSSR count). The predicted octanol–water partition coefficient (Wildman–Crippen LogP) is 6.29.